The van der Waals surface area contributed by atoms with Crippen molar-refractivity contribution in [2.24, 2.45) is 0 Å². The van der Waals surface area contributed by atoms with Crippen molar-refractivity contribution in [3.63, 3.8) is 0 Å². The summed E-state index contributed by atoms with van der Waals surface area (Å²) < 4.78 is 5.27. The van der Waals surface area contributed by atoms with Crippen molar-refractivity contribution >= 4 is 11.6 Å². The molecule has 0 spiro atoms. The molecule has 0 aliphatic carbocycles. The smallest absolute Gasteiger partial charge is 0.125 e. The molecular formula is C15H15ClO2. The first kappa shape index (κ1) is 12.9. The highest BCUT2D eigenvalue weighted by atomic mass is 35.5. The van der Waals surface area contributed by atoms with E-state index in [1.54, 1.807) is 13.2 Å². The van der Waals surface area contributed by atoms with Gasteiger partial charge in [-0.05, 0) is 36.2 Å². The van der Waals surface area contributed by atoms with E-state index in [-0.39, 0.29) is 0 Å². The van der Waals surface area contributed by atoms with Gasteiger partial charge in [0.25, 0.3) is 0 Å². The monoisotopic (exact) mass is 262 g/mol. The molecular weight excluding hydrogens is 248 g/mol. The van der Waals surface area contributed by atoms with E-state index in [4.69, 9.17) is 16.3 Å². The fourth-order valence-electron chi connectivity index (χ4n) is 1.97. The minimum Gasteiger partial charge on any atom is -0.496 e. The highest BCUT2D eigenvalue weighted by Crippen LogP contribution is 2.32. The number of rotatable bonds is 3. The minimum absolute atomic E-state index is 0.615. The molecule has 18 heavy (non-hydrogen) atoms. The standard InChI is InChI=1S/C15H15ClO2/c1-10-7-8-11(16)9-13(10)15(17)12-5-3-4-6-14(12)18-2/h3-9,15,17H,1-2H3. The Morgan fingerprint density at radius 1 is 1.11 bits per heavy atom. The third-order valence-electron chi connectivity index (χ3n) is 2.97. The van der Waals surface area contributed by atoms with Crippen molar-refractivity contribution in [3.05, 3.63) is 64.2 Å². The Morgan fingerprint density at radius 2 is 1.83 bits per heavy atom. The van der Waals surface area contributed by atoms with Gasteiger partial charge in [-0.3, -0.25) is 0 Å². The molecule has 2 rings (SSSR count). The van der Waals surface area contributed by atoms with Gasteiger partial charge < -0.3 is 9.84 Å². The highest BCUT2D eigenvalue weighted by Gasteiger charge is 2.17. The van der Waals surface area contributed by atoms with Crippen LogP contribution in [0.2, 0.25) is 5.02 Å². The Labute approximate surface area is 112 Å². The number of aliphatic hydroxyl groups excluding tert-OH is 1. The van der Waals surface area contributed by atoms with Crippen molar-refractivity contribution in [2.45, 2.75) is 13.0 Å². The molecule has 0 aliphatic heterocycles. The molecule has 1 N–H and O–H groups in total. The van der Waals surface area contributed by atoms with Gasteiger partial charge >= 0.3 is 0 Å². The van der Waals surface area contributed by atoms with Crippen LogP contribution in [0.1, 0.15) is 22.8 Å². The maximum atomic E-state index is 10.5. The molecule has 2 aromatic rings. The average molecular weight is 263 g/mol. The Morgan fingerprint density at radius 3 is 2.56 bits per heavy atom. The lowest BCUT2D eigenvalue weighted by atomic mass is 9.97. The molecule has 3 heteroatoms. The van der Waals surface area contributed by atoms with Gasteiger partial charge in [0.15, 0.2) is 0 Å². The predicted octanol–water partition coefficient (Wildman–Crippen LogP) is 3.74. The lowest BCUT2D eigenvalue weighted by Gasteiger charge is -2.17. The summed E-state index contributed by atoms with van der Waals surface area (Å²) in [6.45, 7) is 1.95. The van der Waals surface area contributed by atoms with Crippen molar-refractivity contribution < 1.29 is 9.84 Å². The van der Waals surface area contributed by atoms with E-state index >= 15 is 0 Å². The molecule has 0 bridgehead atoms. The summed E-state index contributed by atoms with van der Waals surface area (Å²) in [6.07, 6.45) is -0.736. The molecule has 0 fully saturated rings. The van der Waals surface area contributed by atoms with Crippen molar-refractivity contribution in [1.29, 1.82) is 0 Å². The zero-order chi connectivity index (χ0) is 13.1. The van der Waals surface area contributed by atoms with Crippen LogP contribution in [0.3, 0.4) is 0 Å². The first-order valence-electron chi connectivity index (χ1n) is 5.70. The summed E-state index contributed by atoms with van der Waals surface area (Å²) in [5, 5.41) is 11.1. The molecule has 0 saturated carbocycles. The molecule has 0 aromatic heterocycles. The Balaban J connectivity index is 2.47. The number of benzene rings is 2. The fraction of sp³-hybridized carbons (Fsp3) is 0.200. The van der Waals surface area contributed by atoms with E-state index in [1.807, 2.05) is 43.3 Å². The third-order valence-corrected chi connectivity index (χ3v) is 3.20. The number of aliphatic hydroxyl groups is 1. The van der Waals surface area contributed by atoms with Gasteiger partial charge in [0.2, 0.25) is 0 Å². The van der Waals surface area contributed by atoms with Gasteiger partial charge in [0.1, 0.15) is 11.9 Å². The Hall–Kier alpha value is -1.51. The van der Waals surface area contributed by atoms with Gasteiger partial charge in [-0.1, -0.05) is 35.9 Å². The van der Waals surface area contributed by atoms with Gasteiger partial charge in [-0.2, -0.15) is 0 Å². The molecule has 1 atom stereocenters. The fourth-order valence-corrected chi connectivity index (χ4v) is 2.15. The second kappa shape index (κ2) is 5.42. The number of halogens is 1. The van der Waals surface area contributed by atoms with Gasteiger partial charge in [-0.25, -0.2) is 0 Å². The normalized spacial score (nSPS) is 12.2. The maximum absolute atomic E-state index is 10.5. The Bertz CT molecular complexity index is 552. The maximum Gasteiger partial charge on any atom is 0.125 e. The zero-order valence-corrected chi connectivity index (χ0v) is 11.1. The number of hydrogen-bond acceptors (Lipinski definition) is 2. The van der Waals surface area contributed by atoms with E-state index < -0.39 is 6.10 Å². The zero-order valence-electron chi connectivity index (χ0n) is 10.4. The molecule has 1 unspecified atom stereocenters. The van der Waals surface area contributed by atoms with Gasteiger partial charge in [0.05, 0.1) is 7.11 Å². The van der Waals surface area contributed by atoms with E-state index in [2.05, 4.69) is 0 Å². The van der Waals surface area contributed by atoms with Crippen LogP contribution in [0.4, 0.5) is 0 Å². The van der Waals surface area contributed by atoms with Crippen molar-refractivity contribution in [1.82, 2.24) is 0 Å². The molecule has 0 aliphatic rings. The van der Waals surface area contributed by atoms with Gasteiger partial charge in [0, 0.05) is 10.6 Å². The molecule has 2 aromatic carbocycles. The number of methoxy groups -OCH3 is 1. The van der Waals surface area contributed by atoms with Crippen LogP contribution in [-0.4, -0.2) is 12.2 Å². The van der Waals surface area contributed by atoms with Gasteiger partial charge in [-0.15, -0.1) is 0 Å². The second-order valence-corrected chi connectivity index (χ2v) is 4.58. The van der Waals surface area contributed by atoms with Crippen molar-refractivity contribution in [2.75, 3.05) is 7.11 Å². The summed E-state index contributed by atoms with van der Waals surface area (Å²) in [7, 11) is 1.59. The highest BCUT2D eigenvalue weighted by molar-refractivity contribution is 6.30. The molecule has 0 radical (unpaired) electrons. The van der Waals surface area contributed by atoms with E-state index in [1.165, 1.54) is 0 Å². The quantitative estimate of drug-likeness (QED) is 0.913. The average Bonchev–Trinajstić information content (AvgIpc) is 2.40. The summed E-state index contributed by atoms with van der Waals surface area (Å²) in [5.41, 5.74) is 2.54. The molecule has 2 nitrogen and oxygen atoms in total. The van der Waals surface area contributed by atoms with E-state index in [0.717, 1.165) is 16.7 Å². The summed E-state index contributed by atoms with van der Waals surface area (Å²) in [6, 6.07) is 12.9. The van der Waals surface area contributed by atoms with Crippen molar-refractivity contribution in [3.8, 4) is 5.75 Å². The van der Waals surface area contributed by atoms with Crippen LogP contribution in [0, 0.1) is 6.92 Å². The Kier molecular flexibility index (Phi) is 3.90. The van der Waals surface area contributed by atoms with E-state index in [0.29, 0.717) is 10.8 Å². The number of para-hydroxylation sites is 1. The van der Waals surface area contributed by atoms with Crippen LogP contribution in [0.25, 0.3) is 0 Å². The second-order valence-electron chi connectivity index (χ2n) is 4.15. The summed E-state index contributed by atoms with van der Waals surface area (Å²) in [5.74, 6) is 0.671. The summed E-state index contributed by atoms with van der Waals surface area (Å²) in [4.78, 5) is 0. The number of hydrogen-bond donors (Lipinski definition) is 1. The summed E-state index contributed by atoms with van der Waals surface area (Å²) >= 11 is 5.98. The third kappa shape index (κ3) is 2.50. The number of aryl methyl sites for hydroxylation is 1. The first-order valence-corrected chi connectivity index (χ1v) is 6.08. The largest absolute Gasteiger partial charge is 0.496 e. The topological polar surface area (TPSA) is 29.5 Å². The van der Waals surface area contributed by atoms with E-state index in [9.17, 15) is 5.11 Å². The van der Waals surface area contributed by atoms with Crippen LogP contribution >= 0.6 is 11.6 Å². The molecule has 0 amide bonds. The van der Waals surface area contributed by atoms with Crippen LogP contribution < -0.4 is 4.74 Å². The van der Waals surface area contributed by atoms with Crippen LogP contribution in [0.5, 0.6) is 5.75 Å². The lowest BCUT2D eigenvalue weighted by Crippen LogP contribution is -2.04. The lowest BCUT2D eigenvalue weighted by molar-refractivity contribution is 0.214. The SMILES string of the molecule is COc1ccccc1C(O)c1cc(Cl)ccc1C. The molecule has 0 saturated heterocycles. The number of ether oxygens (including phenoxy) is 1. The predicted molar refractivity (Wildman–Crippen MR) is 73.2 cm³/mol. The van der Waals surface area contributed by atoms with Crippen LogP contribution in [0.15, 0.2) is 42.5 Å². The first-order chi connectivity index (χ1) is 8.63. The minimum atomic E-state index is -0.736. The molecule has 0 heterocycles. The molecule has 94 valence electrons. The van der Waals surface area contributed by atoms with Crippen LogP contribution in [-0.2, 0) is 0 Å².